The molecule has 1 saturated heterocycles. The first kappa shape index (κ1) is 15.7. The SMILES string of the molecule is O=C(c1n[nH]c2c1CNCC2)N1CCCC1c1cccc2c1OCCO2. The molecule has 7 nitrogen and oxygen atoms in total. The van der Waals surface area contributed by atoms with E-state index in [4.69, 9.17) is 9.47 Å². The number of hydrogen-bond donors (Lipinski definition) is 2. The van der Waals surface area contributed by atoms with E-state index in [0.717, 1.165) is 60.7 Å². The molecule has 0 aliphatic carbocycles. The van der Waals surface area contributed by atoms with Crippen LogP contribution >= 0.6 is 0 Å². The summed E-state index contributed by atoms with van der Waals surface area (Å²) in [5.74, 6) is 1.56. The van der Waals surface area contributed by atoms with Crippen molar-refractivity contribution in [1.29, 1.82) is 0 Å². The third-order valence-corrected chi connectivity index (χ3v) is 5.48. The first-order valence-electron chi connectivity index (χ1n) is 9.29. The normalized spacial score (nSPS) is 21.5. The number of nitrogens with one attached hydrogen (secondary N) is 2. The summed E-state index contributed by atoms with van der Waals surface area (Å²) in [6.45, 7) is 3.47. The average molecular weight is 354 g/mol. The van der Waals surface area contributed by atoms with E-state index in [2.05, 4.69) is 15.5 Å². The molecule has 0 saturated carbocycles. The van der Waals surface area contributed by atoms with Gasteiger partial charge in [-0.25, -0.2) is 0 Å². The van der Waals surface area contributed by atoms with Crippen molar-refractivity contribution < 1.29 is 14.3 Å². The number of carbonyl (C=O) groups is 1. The molecule has 1 fully saturated rings. The van der Waals surface area contributed by atoms with Gasteiger partial charge in [-0.3, -0.25) is 9.89 Å². The van der Waals surface area contributed by atoms with Gasteiger partial charge in [-0.15, -0.1) is 0 Å². The molecule has 4 heterocycles. The molecule has 1 atom stereocenters. The van der Waals surface area contributed by atoms with Crippen LogP contribution in [0.5, 0.6) is 11.5 Å². The van der Waals surface area contributed by atoms with Crippen molar-refractivity contribution in [2.45, 2.75) is 31.8 Å². The van der Waals surface area contributed by atoms with E-state index in [1.807, 2.05) is 23.1 Å². The van der Waals surface area contributed by atoms with Crippen LogP contribution in [0.4, 0.5) is 0 Å². The zero-order valence-corrected chi connectivity index (χ0v) is 14.6. The molecule has 5 rings (SSSR count). The van der Waals surface area contributed by atoms with Gasteiger partial charge in [0, 0.05) is 42.9 Å². The Morgan fingerprint density at radius 2 is 2.19 bits per heavy atom. The van der Waals surface area contributed by atoms with Gasteiger partial charge in [0.25, 0.3) is 5.91 Å². The molecular formula is C19H22N4O3. The van der Waals surface area contributed by atoms with Crippen molar-refractivity contribution in [3.05, 3.63) is 40.7 Å². The predicted molar refractivity (Wildman–Crippen MR) is 94.4 cm³/mol. The molecular weight excluding hydrogens is 332 g/mol. The molecule has 2 N–H and O–H groups in total. The molecule has 0 radical (unpaired) electrons. The maximum Gasteiger partial charge on any atom is 0.275 e. The summed E-state index contributed by atoms with van der Waals surface area (Å²) in [4.78, 5) is 15.2. The van der Waals surface area contributed by atoms with Gasteiger partial charge in [-0.1, -0.05) is 12.1 Å². The minimum Gasteiger partial charge on any atom is -0.486 e. The highest BCUT2D eigenvalue weighted by molar-refractivity contribution is 5.94. The fourth-order valence-corrected chi connectivity index (χ4v) is 4.23. The van der Waals surface area contributed by atoms with Gasteiger partial charge >= 0.3 is 0 Å². The van der Waals surface area contributed by atoms with Crippen LogP contribution in [0, 0.1) is 0 Å². The van der Waals surface area contributed by atoms with Crippen LogP contribution in [0.3, 0.4) is 0 Å². The Morgan fingerprint density at radius 3 is 3.15 bits per heavy atom. The Morgan fingerprint density at radius 1 is 1.27 bits per heavy atom. The summed E-state index contributed by atoms with van der Waals surface area (Å²) in [5.41, 5.74) is 3.69. The average Bonchev–Trinajstić information content (AvgIpc) is 3.34. The minimum absolute atomic E-state index is 0.00281. The van der Waals surface area contributed by atoms with Gasteiger partial charge < -0.3 is 19.7 Å². The van der Waals surface area contributed by atoms with E-state index in [1.54, 1.807) is 0 Å². The third kappa shape index (κ3) is 2.46. The lowest BCUT2D eigenvalue weighted by atomic mass is 10.0. The highest BCUT2D eigenvalue weighted by Crippen LogP contribution is 2.43. The number of likely N-dealkylation sites (tertiary alicyclic amines) is 1. The number of H-pyrrole nitrogens is 1. The Bertz CT molecular complexity index is 847. The quantitative estimate of drug-likeness (QED) is 0.860. The Balaban J connectivity index is 1.48. The molecule has 136 valence electrons. The zero-order valence-electron chi connectivity index (χ0n) is 14.6. The molecule has 3 aliphatic rings. The summed E-state index contributed by atoms with van der Waals surface area (Å²) < 4.78 is 11.6. The summed E-state index contributed by atoms with van der Waals surface area (Å²) in [6, 6.07) is 5.95. The number of ether oxygens (including phenoxy) is 2. The highest BCUT2D eigenvalue weighted by Gasteiger charge is 2.36. The second kappa shape index (κ2) is 6.32. The number of aromatic amines is 1. The van der Waals surface area contributed by atoms with Crippen molar-refractivity contribution >= 4 is 5.91 Å². The van der Waals surface area contributed by atoms with Crippen LogP contribution in [0.2, 0.25) is 0 Å². The molecule has 1 amide bonds. The summed E-state index contributed by atoms with van der Waals surface area (Å²) in [5, 5.41) is 10.7. The van der Waals surface area contributed by atoms with Crippen LogP contribution in [0.1, 0.15) is 46.2 Å². The molecule has 1 aromatic carbocycles. The number of aromatic nitrogens is 2. The van der Waals surface area contributed by atoms with Gasteiger partial charge in [0.1, 0.15) is 13.2 Å². The Labute approximate surface area is 151 Å². The number of nitrogens with zero attached hydrogens (tertiary/aromatic N) is 2. The second-order valence-electron chi connectivity index (χ2n) is 6.98. The lowest BCUT2D eigenvalue weighted by molar-refractivity contribution is 0.0723. The highest BCUT2D eigenvalue weighted by atomic mass is 16.6. The van der Waals surface area contributed by atoms with Crippen molar-refractivity contribution in [3.63, 3.8) is 0 Å². The molecule has 2 aromatic rings. The van der Waals surface area contributed by atoms with Crippen LogP contribution in [-0.2, 0) is 13.0 Å². The van der Waals surface area contributed by atoms with E-state index in [9.17, 15) is 4.79 Å². The predicted octanol–water partition coefficient (Wildman–Crippen LogP) is 1.80. The molecule has 7 heteroatoms. The van der Waals surface area contributed by atoms with Crippen molar-refractivity contribution in [2.24, 2.45) is 0 Å². The maximum atomic E-state index is 13.3. The summed E-state index contributed by atoms with van der Waals surface area (Å²) in [7, 11) is 0. The van der Waals surface area contributed by atoms with Gasteiger partial charge in [0.2, 0.25) is 0 Å². The van der Waals surface area contributed by atoms with E-state index in [0.29, 0.717) is 25.5 Å². The monoisotopic (exact) mass is 354 g/mol. The zero-order chi connectivity index (χ0) is 17.5. The fraction of sp³-hybridized carbons (Fsp3) is 0.474. The molecule has 0 spiro atoms. The molecule has 1 unspecified atom stereocenters. The Hall–Kier alpha value is -2.54. The van der Waals surface area contributed by atoms with Gasteiger partial charge in [0.05, 0.1) is 6.04 Å². The van der Waals surface area contributed by atoms with E-state index in [1.165, 1.54) is 0 Å². The molecule has 3 aliphatic heterocycles. The Kier molecular flexibility index (Phi) is 3.81. The lowest BCUT2D eigenvalue weighted by Crippen LogP contribution is -2.33. The number of para-hydroxylation sites is 1. The number of rotatable bonds is 2. The number of amides is 1. The van der Waals surface area contributed by atoms with Crippen molar-refractivity contribution in [1.82, 2.24) is 20.4 Å². The van der Waals surface area contributed by atoms with Gasteiger partial charge in [0.15, 0.2) is 17.2 Å². The first-order valence-corrected chi connectivity index (χ1v) is 9.29. The van der Waals surface area contributed by atoms with Gasteiger partial charge in [-0.2, -0.15) is 5.10 Å². The largest absolute Gasteiger partial charge is 0.486 e. The third-order valence-electron chi connectivity index (χ3n) is 5.48. The van der Waals surface area contributed by atoms with Crippen molar-refractivity contribution in [2.75, 3.05) is 26.3 Å². The van der Waals surface area contributed by atoms with Gasteiger partial charge in [-0.05, 0) is 18.9 Å². The van der Waals surface area contributed by atoms with Crippen LogP contribution < -0.4 is 14.8 Å². The minimum atomic E-state index is 0.00281. The van der Waals surface area contributed by atoms with Crippen LogP contribution in [-0.4, -0.2) is 47.3 Å². The molecule has 1 aromatic heterocycles. The van der Waals surface area contributed by atoms with Crippen LogP contribution in [0.15, 0.2) is 18.2 Å². The standard InChI is InChI=1S/C19H22N4O3/c24-19(17-13-11-20-7-6-14(13)21-22-17)23-8-2-4-15(23)12-3-1-5-16-18(12)26-10-9-25-16/h1,3,5,15,20H,2,4,6-11H2,(H,21,22). The van der Waals surface area contributed by atoms with E-state index < -0.39 is 0 Å². The first-order chi connectivity index (χ1) is 12.8. The molecule has 0 bridgehead atoms. The topological polar surface area (TPSA) is 79.5 Å². The smallest absolute Gasteiger partial charge is 0.275 e. The van der Waals surface area contributed by atoms with E-state index in [-0.39, 0.29) is 11.9 Å². The van der Waals surface area contributed by atoms with Crippen LogP contribution in [0.25, 0.3) is 0 Å². The number of carbonyl (C=O) groups excluding carboxylic acids is 1. The number of hydrogen-bond acceptors (Lipinski definition) is 5. The lowest BCUT2D eigenvalue weighted by Gasteiger charge is -2.29. The second-order valence-corrected chi connectivity index (χ2v) is 6.98. The summed E-state index contributed by atoms with van der Waals surface area (Å²) in [6.07, 6.45) is 2.79. The number of benzene rings is 1. The summed E-state index contributed by atoms with van der Waals surface area (Å²) >= 11 is 0. The number of fused-ring (bicyclic) bond motifs is 2. The maximum absolute atomic E-state index is 13.3. The van der Waals surface area contributed by atoms with E-state index >= 15 is 0 Å². The van der Waals surface area contributed by atoms with Crippen molar-refractivity contribution in [3.8, 4) is 11.5 Å². The molecule has 26 heavy (non-hydrogen) atoms. The fourth-order valence-electron chi connectivity index (χ4n) is 4.23.